The lowest BCUT2D eigenvalue weighted by Gasteiger charge is -2.23. The van der Waals surface area contributed by atoms with Crippen LogP contribution >= 0.6 is 0 Å². The van der Waals surface area contributed by atoms with Gasteiger partial charge in [-0.15, -0.1) is 0 Å². The minimum absolute atomic E-state index is 0.219. The number of aliphatic hydroxyl groups excluding tert-OH is 1. The highest BCUT2D eigenvalue weighted by atomic mass is 16.3. The van der Waals surface area contributed by atoms with E-state index < -0.39 is 0 Å². The van der Waals surface area contributed by atoms with Gasteiger partial charge in [-0.1, -0.05) is 45.0 Å². The van der Waals surface area contributed by atoms with Crippen molar-refractivity contribution >= 4 is 0 Å². The van der Waals surface area contributed by atoms with Gasteiger partial charge in [-0.3, -0.25) is 0 Å². The van der Waals surface area contributed by atoms with Crippen LogP contribution in [-0.4, -0.2) is 11.2 Å². The third kappa shape index (κ3) is 2.36. The van der Waals surface area contributed by atoms with Gasteiger partial charge < -0.3 is 5.11 Å². The molecule has 0 unspecified atom stereocenters. The first kappa shape index (κ1) is 11.3. The molecule has 1 rings (SSSR count). The molecule has 0 saturated heterocycles. The van der Waals surface area contributed by atoms with Gasteiger partial charge in [0, 0.05) is 5.92 Å². The largest absolute Gasteiger partial charge is 0.392 e. The number of hydrogen-bond donors (Lipinski definition) is 1. The summed E-state index contributed by atoms with van der Waals surface area (Å²) >= 11 is 0. The van der Waals surface area contributed by atoms with Crippen molar-refractivity contribution in [1.29, 1.82) is 0 Å². The predicted molar refractivity (Wildman–Crippen MR) is 60.4 cm³/mol. The maximum absolute atomic E-state index is 9.97. The van der Waals surface area contributed by atoms with Crippen LogP contribution in [0.5, 0.6) is 0 Å². The van der Waals surface area contributed by atoms with Gasteiger partial charge >= 0.3 is 0 Å². The summed E-state index contributed by atoms with van der Waals surface area (Å²) in [6.45, 7) is 8.30. The van der Waals surface area contributed by atoms with E-state index in [4.69, 9.17) is 0 Å². The second-order valence-electron chi connectivity index (χ2n) is 4.38. The van der Waals surface area contributed by atoms with E-state index >= 15 is 0 Å². The van der Waals surface area contributed by atoms with Crippen molar-refractivity contribution in [3.05, 3.63) is 35.4 Å². The molecule has 0 aliphatic heterocycles. The first-order valence-corrected chi connectivity index (χ1v) is 5.27. The number of aryl methyl sites for hydroxylation is 1. The highest BCUT2D eigenvalue weighted by Crippen LogP contribution is 2.25. The first-order chi connectivity index (χ1) is 6.54. The molecule has 1 aromatic rings. The molecule has 0 bridgehead atoms. The molecule has 1 heteroatoms. The van der Waals surface area contributed by atoms with Gasteiger partial charge in [-0.25, -0.2) is 0 Å². The molecule has 0 heterocycles. The molecule has 0 aliphatic carbocycles. The summed E-state index contributed by atoms with van der Waals surface area (Å²) in [4.78, 5) is 0. The Morgan fingerprint density at radius 2 is 1.64 bits per heavy atom. The highest BCUT2D eigenvalue weighted by Gasteiger charge is 2.20. The van der Waals surface area contributed by atoms with Crippen LogP contribution in [0.1, 0.15) is 37.8 Å². The average molecular weight is 192 g/mol. The summed E-state index contributed by atoms with van der Waals surface area (Å²) in [6.07, 6.45) is -0.254. The monoisotopic (exact) mass is 192 g/mol. The van der Waals surface area contributed by atoms with Gasteiger partial charge in [-0.2, -0.15) is 0 Å². The van der Waals surface area contributed by atoms with Crippen LogP contribution in [0.15, 0.2) is 24.3 Å². The van der Waals surface area contributed by atoms with Gasteiger partial charge in [-0.05, 0) is 24.0 Å². The van der Waals surface area contributed by atoms with Gasteiger partial charge in [0.15, 0.2) is 0 Å². The quantitative estimate of drug-likeness (QED) is 0.780. The Labute approximate surface area is 86.8 Å². The molecule has 14 heavy (non-hydrogen) atoms. The number of aliphatic hydroxyl groups is 1. The van der Waals surface area contributed by atoms with E-state index in [2.05, 4.69) is 39.8 Å². The topological polar surface area (TPSA) is 20.2 Å². The zero-order valence-corrected chi connectivity index (χ0v) is 9.49. The van der Waals surface area contributed by atoms with E-state index in [1.165, 1.54) is 11.1 Å². The Hall–Kier alpha value is -0.820. The molecule has 1 nitrogen and oxygen atoms in total. The Morgan fingerprint density at radius 1 is 1.07 bits per heavy atom. The predicted octanol–water partition coefficient (Wildman–Crippen LogP) is 3.12. The van der Waals surface area contributed by atoms with Crippen molar-refractivity contribution in [1.82, 2.24) is 0 Å². The molecular weight excluding hydrogens is 172 g/mol. The van der Waals surface area contributed by atoms with Gasteiger partial charge in [0.2, 0.25) is 0 Å². The molecule has 0 amide bonds. The zero-order chi connectivity index (χ0) is 10.7. The van der Waals surface area contributed by atoms with Crippen LogP contribution in [0.25, 0.3) is 0 Å². The lowest BCUT2D eigenvalue weighted by molar-refractivity contribution is 0.102. The van der Waals surface area contributed by atoms with E-state index in [-0.39, 0.29) is 12.0 Å². The molecule has 0 saturated carbocycles. The summed E-state index contributed by atoms with van der Waals surface area (Å²) in [5.41, 5.74) is 2.52. The first-order valence-electron chi connectivity index (χ1n) is 5.27. The van der Waals surface area contributed by atoms with Crippen LogP contribution in [-0.2, 0) is 0 Å². The van der Waals surface area contributed by atoms with Crippen LogP contribution in [0.3, 0.4) is 0 Å². The van der Waals surface area contributed by atoms with Gasteiger partial charge in [0.05, 0.1) is 6.10 Å². The van der Waals surface area contributed by atoms with E-state index in [1.807, 2.05) is 12.1 Å². The summed E-state index contributed by atoms with van der Waals surface area (Å²) in [5.74, 6) is 0.529. The van der Waals surface area contributed by atoms with E-state index in [9.17, 15) is 5.11 Å². The maximum Gasteiger partial charge on any atom is 0.0629 e. The van der Waals surface area contributed by atoms with Crippen LogP contribution in [0, 0.1) is 12.8 Å². The van der Waals surface area contributed by atoms with E-state index in [0.717, 1.165) is 0 Å². The summed E-state index contributed by atoms with van der Waals surface area (Å²) in [5, 5.41) is 9.97. The standard InChI is InChI=1S/C13H20O/c1-9(2)13(14)11(4)12-8-6-5-7-10(12)3/h5-9,11,13-14H,1-4H3/t11-,13+/m1/s1. The summed E-state index contributed by atoms with van der Waals surface area (Å²) < 4.78 is 0. The van der Waals surface area contributed by atoms with Gasteiger partial charge in [0.25, 0.3) is 0 Å². The highest BCUT2D eigenvalue weighted by molar-refractivity contribution is 5.29. The Bertz CT molecular complexity index is 291. The lowest BCUT2D eigenvalue weighted by atomic mass is 9.87. The Balaban J connectivity index is 2.89. The number of benzene rings is 1. The second kappa shape index (κ2) is 4.61. The third-order valence-corrected chi connectivity index (χ3v) is 2.87. The molecule has 0 aliphatic rings. The van der Waals surface area contributed by atoms with Crippen LogP contribution in [0.4, 0.5) is 0 Å². The molecule has 2 atom stereocenters. The minimum atomic E-state index is -0.254. The lowest BCUT2D eigenvalue weighted by Crippen LogP contribution is -2.22. The molecule has 1 N–H and O–H groups in total. The van der Waals surface area contributed by atoms with E-state index in [1.54, 1.807) is 0 Å². The van der Waals surface area contributed by atoms with Crippen molar-refractivity contribution < 1.29 is 5.11 Å². The fourth-order valence-electron chi connectivity index (χ4n) is 1.86. The summed E-state index contributed by atoms with van der Waals surface area (Å²) in [6, 6.07) is 8.27. The van der Waals surface area contributed by atoms with Crippen molar-refractivity contribution in [3.63, 3.8) is 0 Å². The fourth-order valence-corrected chi connectivity index (χ4v) is 1.86. The zero-order valence-electron chi connectivity index (χ0n) is 9.49. The van der Waals surface area contributed by atoms with Gasteiger partial charge in [0.1, 0.15) is 0 Å². The van der Waals surface area contributed by atoms with Crippen molar-refractivity contribution in [2.45, 2.75) is 39.7 Å². The Morgan fingerprint density at radius 3 is 2.14 bits per heavy atom. The van der Waals surface area contributed by atoms with Crippen LogP contribution < -0.4 is 0 Å². The molecule has 0 radical (unpaired) electrons. The number of hydrogen-bond acceptors (Lipinski definition) is 1. The van der Waals surface area contributed by atoms with Crippen LogP contribution in [0.2, 0.25) is 0 Å². The SMILES string of the molecule is Cc1ccccc1[C@@H](C)[C@@H](O)C(C)C. The Kier molecular flexibility index (Phi) is 3.70. The molecule has 0 aromatic heterocycles. The summed E-state index contributed by atoms with van der Waals surface area (Å²) in [7, 11) is 0. The van der Waals surface area contributed by atoms with E-state index in [0.29, 0.717) is 5.92 Å². The second-order valence-corrected chi connectivity index (χ2v) is 4.38. The van der Waals surface area contributed by atoms with Crippen molar-refractivity contribution in [2.75, 3.05) is 0 Å². The normalized spacial score (nSPS) is 15.6. The molecule has 78 valence electrons. The fraction of sp³-hybridized carbons (Fsp3) is 0.538. The van der Waals surface area contributed by atoms with Crippen molar-refractivity contribution in [3.8, 4) is 0 Å². The van der Waals surface area contributed by atoms with Crippen molar-refractivity contribution in [2.24, 2.45) is 5.92 Å². The molecule has 1 aromatic carbocycles. The average Bonchev–Trinajstić information content (AvgIpc) is 2.16. The smallest absolute Gasteiger partial charge is 0.0629 e. The molecule has 0 fully saturated rings. The molecular formula is C13H20O. The minimum Gasteiger partial charge on any atom is -0.392 e. The molecule has 0 spiro atoms. The third-order valence-electron chi connectivity index (χ3n) is 2.87. The maximum atomic E-state index is 9.97. The number of rotatable bonds is 3.